The van der Waals surface area contributed by atoms with E-state index < -0.39 is 4.92 Å². The molecule has 0 aromatic heterocycles. The third-order valence-corrected chi connectivity index (χ3v) is 6.28. The van der Waals surface area contributed by atoms with E-state index in [2.05, 4.69) is 12.2 Å². The molecule has 3 fully saturated rings. The van der Waals surface area contributed by atoms with Crippen molar-refractivity contribution in [3.63, 3.8) is 0 Å². The van der Waals surface area contributed by atoms with Crippen molar-refractivity contribution in [3.8, 4) is 5.75 Å². The number of rotatable bonds is 3. The molecule has 0 N–H and O–H groups in total. The Balaban J connectivity index is 1.60. The van der Waals surface area contributed by atoms with Crippen LogP contribution in [0.1, 0.15) is 6.42 Å². The third-order valence-electron chi connectivity index (χ3n) is 6.28. The van der Waals surface area contributed by atoms with E-state index in [9.17, 15) is 19.7 Å². The van der Waals surface area contributed by atoms with Crippen LogP contribution in [-0.2, 0) is 9.59 Å². The molecule has 7 heteroatoms. The van der Waals surface area contributed by atoms with Crippen LogP contribution in [0.5, 0.6) is 5.75 Å². The van der Waals surface area contributed by atoms with Crippen LogP contribution in [0.25, 0.3) is 0 Å². The van der Waals surface area contributed by atoms with Gasteiger partial charge < -0.3 is 4.74 Å². The topological polar surface area (TPSA) is 89.8 Å². The number of allylic oxidation sites excluding steroid dienone is 2. The molecule has 25 heavy (non-hydrogen) atoms. The number of ether oxygens (including phenoxy) is 1. The maximum absolute atomic E-state index is 13.1. The van der Waals surface area contributed by atoms with Crippen molar-refractivity contribution in [1.29, 1.82) is 0 Å². The lowest BCUT2D eigenvalue weighted by atomic mass is 9.63. The fourth-order valence-electron chi connectivity index (χ4n) is 5.16. The average molecular weight is 340 g/mol. The van der Waals surface area contributed by atoms with Gasteiger partial charge >= 0.3 is 0 Å². The lowest BCUT2D eigenvalue weighted by molar-refractivity contribution is -0.384. The summed E-state index contributed by atoms with van der Waals surface area (Å²) in [6.07, 6.45) is 5.24. The van der Waals surface area contributed by atoms with Crippen molar-refractivity contribution in [1.82, 2.24) is 0 Å². The second kappa shape index (κ2) is 4.68. The molecule has 4 aliphatic carbocycles. The molecule has 1 aliphatic heterocycles. The number of nitrogens with zero attached hydrogens (tertiary/aromatic N) is 2. The molecule has 0 radical (unpaired) electrons. The number of carbonyl (C=O) groups is 2. The fourth-order valence-corrected chi connectivity index (χ4v) is 5.16. The van der Waals surface area contributed by atoms with Gasteiger partial charge in [-0.15, -0.1) is 0 Å². The molecule has 2 bridgehead atoms. The molecule has 1 aromatic carbocycles. The SMILES string of the molecule is COc1ccc(N2C(=O)[C@@H]3[C@H]4C=C[C@@H]([C@@H]5C[C@@H]45)[C@@H]3C2=O)c([N+](=O)[O-])c1. The van der Waals surface area contributed by atoms with E-state index in [0.717, 1.165) is 11.3 Å². The number of hydrogen-bond donors (Lipinski definition) is 0. The van der Waals surface area contributed by atoms with Crippen molar-refractivity contribution < 1.29 is 19.2 Å². The van der Waals surface area contributed by atoms with Gasteiger partial charge in [-0.25, -0.2) is 4.90 Å². The second-order valence-electron chi connectivity index (χ2n) is 7.28. The summed E-state index contributed by atoms with van der Waals surface area (Å²) in [6, 6.07) is 4.22. The lowest BCUT2D eigenvalue weighted by Crippen LogP contribution is -2.40. The first-order valence-corrected chi connectivity index (χ1v) is 8.41. The summed E-state index contributed by atoms with van der Waals surface area (Å²) in [5.41, 5.74) is -0.242. The Morgan fingerprint density at radius 1 is 1.12 bits per heavy atom. The van der Waals surface area contributed by atoms with Gasteiger partial charge in [-0.1, -0.05) is 12.2 Å². The van der Waals surface area contributed by atoms with E-state index in [0.29, 0.717) is 17.6 Å². The molecular weight excluding hydrogens is 324 g/mol. The minimum absolute atomic E-state index is 0.0447. The molecule has 6 rings (SSSR count). The van der Waals surface area contributed by atoms with Crippen LogP contribution < -0.4 is 9.64 Å². The maximum atomic E-state index is 13.1. The highest BCUT2D eigenvalue weighted by molar-refractivity contribution is 6.23. The highest BCUT2D eigenvalue weighted by Gasteiger charge is 2.67. The molecule has 6 atom stereocenters. The van der Waals surface area contributed by atoms with Gasteiger partial charge in [-0.2, -0.15) is 0 Å². The molecule has 7 nitrogen and oxygen atoms in total. The van der Waals surface area contributed by atoms with Crippen molar-refractivity contribution in [2.45, 2.75) is 6.42 Å². The zero-order valence-electron chi connectivity index (χ0n) is 13.5. The maximum Gasteiger partial charge on any atom is 0.297 e. The largest absolute Gasteiger partial charge is 0.496 e. The first kappa shape index (κ1) is 14.6. The Kier molecular flexibility index (Phi) is 2.74. The number of anilines is 1. The molecule has 1 aromatic rings. The predicted molar refractivity (Wildman–Crippen MR) is 86.8 cm³/mol. The number of nitro benzene ring substituents is 1. The summed E-state index contributed by atoms with van der Waals surface area (Å²) in [5, 5.41) is 11.5. The van der Waals surface area contributed by atoms with Crippen molar-refractivity contribution in [3.05, 3.63) is 40.5 Å². The zero-order chi connectivity index (χ0) is 17.5. The highest BCUT2D eigenvalue weighted by Crippen LogP contribution is 2.65. The van der Waals surface area contributed by atoms with Gasteiger partial charge in [0.2, 0.25) is 11.8 Å². The van der Waals surface area contributed by atoms with Crippen molar-refractivity contribution in [2.75, 3.05) is 12.0 Å². The number of benzene rings is 1. The van der Waals surface area contributed by atoms with Gasteiger partial charge in [0.25, 0.3) is 5.69 Å². The lowest BCUT2D eigenvalue weighted by Gasteiger charge is -2.37. The number of nitro groups is 1. The van der Waals surface area contributed by atoms with Gasteiger partial charge in [0.15, 0.2) is 0 Å². The molecule has 0 spiro atoms. The number of imide groups is 1. The molecule has 0 unspecified atom stereocenters. The Morgan fingerprint density at radius 3 is 2.24 bits per heavy atom. The van der Waals surface area contributed by atoms with E-state index in [1.807, 2.05) is 0 Å². The van der Waals surface area contributed by atoms with Crippen LogP contribution in [-0.4, -0.2) is 23.8 Å². The van der Waals surface area contributed by atoms with E-state index >= 15 is 0 Å². The molecule has 5 aliphatic rings. The van der Waals surface area contributed by atoms with Crippen molar-refractivity contribution >= 4 is 23.2 Å². The minimum atomic E-state index is -0.579. The number of methoxy groups -OCH3 is 1. The van der Waals surface area contributed by atoms with Gasteiger partial charge in [-0.05, 0) is 42.2 Å². The van der Waals surface area contributed by atoms with Crippen LogP contribution in [0.4, 0.5) is 11.4 Å². The summed E-state index contributed by atoms with van der Waals surface area (Å²) in [7, 11) is 1.41. The van der Waals surface area contributed by atoms with Gasteiger partial charge in [0.05, 0.1) is 29.9 Å². The molecule has 2 saturated carbocycles. The molecule has 2 amide bonds. The quantitative estimate of drug-likeness (QED) is 0.364. The fraction of sp³-hybridized carbons (Fsp3) is 0.444. The van der Waals surface area contributed by atoms with Gasteiger partial charge in [-0.3, -0.25) is 19.7 Å². The van der Waals surface area contributed by atoms with E-state index in [-0.39, 0.29) is 46.9 Å². The average Bonchev–Trinajstić information content (AvgIpc) is 3.39. The summed E-state index contributed by atoms with van der Waals surface area (Å²) >= 11 is 0. The molecule has 128 valence electrons. The zero-order valence-corrected chi connectivity index (χ0v) is 13.5. The number of carbonyl (C=O) groups excluding carboxylic acids is 2. The predicted octanol–water partition coefficient (Wildman–Crippen LogP) is 2.16. The summed E-state index contributed by atoms with van der Waals surface area (Å²) in [4.78, 5) is 38.0. The van der Waals surface area contributed by atoms with E-state index in [1.165, 1.54) is 25.3 Å². The molecule has 1 heterocycles. The van der Waals surface area contributed by atoms with Gasteiger partial charge in [0.1, 0.15) is 11.4 Å². The van der Waals surface area contributed by atoms with Crippen LogP contribution in [0.3, 0.4) is 0 Å². The Hall–Kier alpha value is -2.70. The Bertz CT molecular complexity index is 827. The summed E-state index contributed by atoms with van der Waals surface area (Å²) in [5.74, 6) is 0.173. The van der Waals surface area contributed by atoms with Crippen LogP contribution in [0, 0.1) is 45.6 Å². The Morgan fingerprint density at radius 2 is 1.72 bits per heavy atom. The Labute approximate surface area is 143 Å². The minimum Gasteiger partial charge on any atom is -0.496 e. The van der Waals surface area contributed by atoms with Crippen LogP contribution in [0.2, 0.25) is 0 Å². The van der Waals surface area contributed by atoms with Crippen LogP contribution >= 0.6 is 0 Å². The first-order valence-electron chi connectivity index (χ1n) is 8.41. The summed E-state index contributed by atoms with van der Waals surface area (Å²) < 4.78 is 5.03. The molecular formula is C18H16N2O5. The highest BCUT2D eigenvalue weighted by atomic mass is 16.6. The van der Waals surface area contributed by atoms with Gasteiger partial charge in [0, 0.05) is 0 Å². The summed E-state index contributed by atoms with van der Waals surface area (Å²) in [6.45, 7) is 0. The van der Waals surface area contributed by atoms with E-state index in [4.69, 9.17) is 4.74 Å². The normalized spacial score (nSPS) is 37.1. The second-order valence-corrected chi connectivity index (χ2v) is 7.28. The molecule has 1 saturated heterocycles. The monoisotopic (exact) mass is 340 g/mol. The smallest absolute Gasteiger partial charge is 0.297 e. The third kappa shape index (κ3) is 1.75. The first-order chi connectivity index (χ1) is 12.0. The number of amides is 2. The van der Waals surface area contributed by atoms with Crippen LogP contribution in [0.15, 0.2) is 30.4 Å². The number of hydrogen-bond acceptors (Lipinski definition) is 5. The standard InChI is InChI=1S/C18H16N2O5/c1-25-8-2-5-13(14(6-8)20(23)24)19-17(21)15-9-3-4-10(12-7-11(9)12)16(15)18(19)22/h2-6,9-12,15-16H,7H2,1H3/t9-,10-,11-,12-,15-,16+/m0/s1. The van der Waals surface area contributed by atoms with E-state index in [1.54, 1.807) is 0 Å². The van der Waals surface area contributed by atoms with Crippen molar-refractivity contribution in [2.24, 2.45) is 35.5 Å².